The highest BCUT2D eigenvalue weighted by molar-refractivity contribution is 7.88. The fourth-order valence-electron chi connectivity index (χ4n) is 2.22. The first-order chi connectivity index (χ1) is 10.4. The van der Waals surface area contributed by atoms with Crippen LogP contribution in [-0.4, -0.2) is 24.6 Å². The number of aliphatic hydroxyl groups is 1. The van der Waals surface area contributed by atoms with Gasteiger partial charge < -0.3 is 9.67 Å². The van der Waals surface area contributed by atoms with Gasteiger partial charge in [0.05, 0.1) is 11.9 Å². The summed E-state index contributed by atoms with van der Waals surface area (Å²) in [5.41, 5.74) is 1.11. The van der Waals surface area contributed by atoms with Crippen molar-refractivity contribution in [1.29, 1.82) is 0 Å². The van der Waals surface area contributed by atoms with E-state index < -0.39 is 21.9 Å². The molecule has 5 nitrogen and oxygen atoms in total. The molecule has 0 aliphatic heterocycles. The normalized spacial score (nSPS) is 13.2. The number of hydrogen-bond donors (Lipinski definition) is 2. The third-order valence-corrected chi connectivity index (χ3v) is 4.67. The van der Waals surface area contributed by atoms with E-state index in [1.54, 1.807) is 16.7 Å². The molecular formula is C15H19FN2O3S. The van der Waals surface area contributed by atoms with E-state index in [2.05, 4.69) is 4.72 Å². The fraction of sp³-hybridized carbons (Fsp3) is 0.333. The van der Waals surface area contributed by atoms with Gasteiger partial charge in [-0.1, -0.05) is 12.1 Å². The Morgan fingerprint density at radius 1 is 1.32 bits per heavy atom. The SMILES string of the molecule is Cn1cccc1C(O)CCNS(=O)(=O)Cc1cccc(F)c1. The van der Waals surface area contributed by atoms with Crippen molar-refractivity contribution >= 4 is 10.0 Å². The summed E-state index contributed by atoms with van der Waals surface area (Å²) in [5.74, 6) is -0.753. The Bertz CT molecular complexity index is 728. The average Bonchev–Trinajstić information content (AvgIpc) is 2.84. The third-order valence-electron chi connectivity index (χ3n) is 3.31. The Balaban J connectivity index is 1.86. The van der Waals surface area contributed by atoms with E-state index in [0.29, 0.717) is 5.56 Å². The zero-order chi connectivity index (χ0) is 16.2. The molecule has 1 atom stereocenters. The highest BCUT2D eigenvalue weighted by Gasteiger charge is 2.14. The van der Waals surface area contributed by atoms with Gasteiger partial charge in [0.25, 0.3) is 0 Å². The standard InChI is InChI=1S/C15H19FN2O3S/c1-18-9-3-6-14(18)15(19)7-8-17-22(20,21)11-12-4-2-5-13(16)10-12/h2-6,9-10,15,17,19H,7-8,11H2,1H3. The second-order valence-corrected chi connectivity index (χ2v) is 6.94. The molecule has 0 aliphatic rings. The van der Waals surface area contributed by atoms with Crippen molar-refractivity contribution in [3.05, 3.63) is 59.7 Å². The molecule has 0 spiro atoms. The van der Waals surface area contributed by atoms with Crippen molar-refractivity contribution in [2.75, 3.05) is 6.54 Å². The minimum absolute atomic E-state index is 0.115. The van der Waals surface area contributed by atoms with Gasteiger partial charge >= 0.3 is 0 Å². The number of aliphatic hydroxyl groups excluding tert-OH is 1. The van der Waals surface area contributed by atoms with Gasteiger partial charge in [0.2, 0.25) is 10.0 Å². The number of nitrogens with zero attached hydrogens (tertiary/aromatic N) is 1. The Morgan fingerprint density at radius 2 is 2.09 bits per heavy atom. The fourth-order valence-corrected chi connectivity index (χ4v) is 3.37. The molecule has 0 saturated heterocycles. The van der Waals surface area contributed by atoms with E-state index >= 15 is 0 Å². The van der Waals surface area contributed by atoms with Gasteiger partial charge in [-0.2, -0.15) is 0 Å². The highest BCUT2D eigenvalue weighted by Crippen LogP contribution is 2.16. The summed E-state index contributed by atoms with van der Waals surface area (Å²) in [5, 5.41) is 10.0. The summed E-state index contributed by atoms with van der Waals surface area (Å²) in [4.78, 5) is 0. The van der Waals surface area contributed by atoms with Crippen molar-refractivity contribution in [2.24, 2.45) is 7.05 Å². The number of aryl methyl sites for hydroxylation is 1. The van der Waals surface area contributed by atoms with Crippen molar-refractivity contribution in [1.82, 2.24) is 9.29 Å². The number of rotatable bonds is 7. The van der Waals surface area contributed by atoms with Gasteiger partial charge in [0.1, 0.15) is 5.82 Å². The number of aromatic nitrogens is 1. The molecule has 0 bridgehead atoms. The van der Waals surface area contributed by atoms with E-state index in [-0.39, 0.29) is 18.7 Å². The minimum atomic E-state index is -3.56. The molecule has 2 rings (SSSR count). The van der Waals surface area contributed by atoms with E-state index in [0.717, 1.165) is 5.69 Å². The summed E-state index contributed by atoms with van der Waals surface area (Å²) in [6.07, 6.45) is 1.34. The topological polar surface area (TPSA) is 71.3 Å². The van der Waals surface area contributed by atoms with Crippen LogP contribution in [-0.2, 0) is 22.8 Å². The van der Waals surface area contributed by atoms with Crippen LogP contribution in [0.2, 0.25) is 0 Å². The molecule has 2 N–H and O–H groups in total. The molecule has 1 heterocycles. The minimum Gasteiger partial charge on any atom is -0.387 e. The maximum absolute atomic E-state index is 13.0. The van der Waals surface area contributed by atoms with E-state index in [1.165, 1.54) is 18.2 Å². The average molecular weight is 326 g/mol. The molecule has 0 amide bonds. The Labute approximate surface area is 129 Å². The van der Waals surface area contributed by atoms with Gasteiger partial charge in [-0.25, -0.2) is 17.5 Å². The second-order valence-electron chi connectivity index (χ2n) is 5.13. The molecule has 0 saturated carbocycles. The maximum Gasteiger partial charge on any atom is 0.215 e. The molecule has 7 heteroatoms. The predicted molar refractivity (Wildman–Crippen MR) is 82.0 cm³/mol. The summed E-state index contributed by atoms with van der Waals surface area (Å²) >= 11 is 0. The zero-order valence-electron chi connectivity index (χ0n) is 12.2. The molecule has 120 valence electrons. The van der Waals surface area contributed by atoms with Crippen LogP contribution < -0.4 is 4.72 Å². The predicted octanol–water partition coefficient (Wildman–Crippen LogP) is 1.71. The smallest absolute Gasteiger partial charge is 0.215 e. The lowest BCUT2D eigenvalue weighted by atomic mass is 10.2. The lowest BCUT2D eigenvalue weighted by Crippen LogP contribution is -2.27. The summed E-state index contributed by atoms with van der Waals surface area (Å²) < 4.78 is 41.1. The van der Waals surface area contributed by atoms with Gasteiger partial charge in [-0.15, -0.1) is 0 Å². The molecule has 1 unspecified atom stereocenters. The van der Waals surface area contributed by atoms with Crippen LogP contribution in [0.25, 0.3) is 0 Å². The molecular weight excluding hydrogens is 307 g/mol. The first kappa shape index (κ1) is 16.7. The third kappa shape index (κ3) is 4.66. The van der Waals surface area contributed by atoms with Gasteiger partial charge in [0.15, 0.2) is 0 Å². The number of nitrogens with one attached hydrogen (secondary N) is 1. The van der Waals surface area contributed by atoms with Crippen LogP contribution in [0.4, 0.5) is 4.39 Å². The molecule has 1 aromatic heterocycles. The van der Waals surface area contributed by atoms with Crippen molar-refractivity contribution in [3.63, 3.8) is 0 Å². The van der Waals surface area contributed by atoms with Crippen molar-refractivity contribution in [3.8, 4) is 0 Å². The first-order valence-corrected chi connectivity index (χ1v) is 8.54. The van der Waals surface area contributed by atoms with Crippen LogP contribution in [0, 0.1) is 5.82 Å². The van der Waals surface area contributed by atoms with Crippen molar-refractivity contribution < 1.29 is 17.9 Å². The molecule has 1 aromatic carbocycles. The van der Waals surface area contributed by atoms with Crippen LogP contribution in [0.3, 0.4) is 0 Å². The number of benzene rings is 1. The Kier molecular flexibility index (Phi) is 5.33. The summed E-state index contributed by atoms with van der Waals surface area (Å²) in [6, 6.07) is 9.08. The quantitative estimate of drug-likeness (QED) is 0.814. The van der Waals surface area contributed by atoms with Gasteiger partial charge in [0, 0.05) is 25.5 Å². The first-order valence-electron chi connectivity index (χ1n) is 6.88. The molecule has 2 aromatic rings. The van der Waals surface area contributed by atoms with Crippen molar-refractivity contribution in [2.45, 2.75) is 18.3 Å². The zero-order valence-corrected chi connectivity index (χ0v) is 13.1. The molecule has 0 aliphatic carbocycles. The van der Waals surface area contributed by atoms with Crippen LogP contribution in [0.15, 0.2) is 42.6 Å². The second kappa shape index (κ2) is 7.04. The lowest BCUT2D eigenvalue weighted by Gasteiger charge is -2.13. The Morgan fingerprint density at radius 3 is 2.73 bits per heavy atom. The summed E-state index contributed by atoms with van der Waals surface area (Å²) in [7, 11) is -1.75. The van der Waals surface area contributed by atoms with E-state index in [9.17, 15) is 17.9 Å². The van der Waals surface area contributed by atoms with Crippen LogP contribution in [0.1, 0.15) is 23.8 Å². The number of sulfonamides is 1. The van der Waals surface area contributed by atoms with Crippen LogP contribution >= 0.6 is 0 Å². The Hall–Kier alpha value is -1.70. The number of halogens is 1. The lowest BCUT2D eigenvalue weighted by molar-refractivity contribution is 0.161. The molecule has 0 fully saturated rings. The van der Waals surface area contributed by atoms with Gasteiger partial charge in [-0.3, -0.25) is 0 Å². The highest BCUT2D eigenvalue weighted by atomic mass is 32.2. The maximum atomic E-state index is 13.0. The monoisotopic (exact) mass is 326 g/mol. The van der Waals surface area contributed by atoms with E-state index in [4.69, 9.17) is 0 Å². The molecule has 0 radical (unpaired) electrons. The largest absolute Gasteiger partial charge is 0.387 e. The molecule has 22 heavy (non-hydrogen) atoms. The number of hydrogen-bond acceptors (Lipinski definition) is 3. The van der Waals surface area contributed by atoms with Crippen LogP contribution in [0.5, 0.6) is 0 Å². The van der Waals surface area contributed by atoms with Gasteiger partial charge in [-0.05, 0) is 36.2 Å². The summed E-state index contributed by atoms with van der Waals surface area (Å²) in [6.45, 7) is 0.115. The van der Waals surface area contributed by atoms with E-state index in [1.807, 2.05) is 19.3 Å².